The predicted octanol–water partition coefficient (Wildman–Crippen LogP) is 3.95. The first-order valence-corrected chi connectivity index (χ1v) is 9.57. The van der Waals surface area contributed by atoms with Gasteiger partial charge in [-0.25, -0.2) is 8.42 Å². The predicted molar refractivity (Wildman–Crippen MR) is 89.5 cm³/mol. The Morgan fingerprint density at radius 3 is 2.38 bits per heavy atom. The summed E-state index contributed by atoms with van der Waals surface area (Å²) in [7, 11) is -3.28. The minimum Gasteiger partial charge on any atom is -0.381 e. The zero-order valence-corrected chi connectivity index (χ0v) is 14.3. The summed E-state index contributed by atoms with van der Waals surface area (Å²) in [5.41, 5.74) is 1.32. The largest absolute Gasteiger partial charge is 0.381 e. The molecule has 2 N–H and O–H groups in total. The van der Waals surface area contributed by atoms with Crippen molar-refractivity contribution >= 4 is 33.0 Å². The Kier molecular flexibility index (Phi) is 5.04. The molecule has 2 atom stereocenters. The first-order valence-electron chi connectivity index (χ1n) is 7.30. The SMILES string of the molecule is CC1CCCC(C)C1Nc1cc(NS(C)(=O)=O)ccc1Cl. The molecule has 1 aliphatic rings. The lowest BCUT2D eigenvalue weighted by Crippen LogP contribution is -2.37. The maximum Gasteiger partial charge on any atom is 0.229 e. The van der Waals surface area contributed by atoms with E-state index in [9.17, 15) is 8.42 Å². The molecular weight excluding hydrogens is 308 g/mol. The van der Waals surface area contributed by atoms with Crippen LogP contribution in [-0.4, -0.2) is 20.7 Å². The van der Waals surface area contributed by atoms with Crippen molar-refractivity contribution in [1.82, 2.24) is 0 Å². The standard InChI is InChI=1S/C15H23ClN2O2S/c1-10-5-4-6-11(2)15(10)17-14-9-12(7-8-13(14)16)18-21(3,19)20/h7-11,15,17-18H,4-6H2,1-3H3. The number of halogens is 1. The van der Waals surface area contributed by atoms with E-state index in [1.807, 2.05) is 0 Å². The van der Waals surface area contributed by atoms with E-state index in [2.05, 4.69) is 23.9 Å². The topological polar surface area (TPSA) is 58.2 Å². The Balaban J connectivity index is 2.20. The summed E-state index contributed by atoms with van der Waals surface area (Å²) >= 11 is 6.24. The van der Waals surface area contributed by atoms with Crippen molar-refractivity contribution in [3.05, 3.63) is 23.2 Å². The lowest BCUT2D eigenvalue weighted by Gasteiger charge is -2.36. The second-order valence-electron chi connectivity index (χ2n) is 6.12. The number of benzene rings is 1. The highest BCUT2D eigenvalue weighted by Gasteiger charge is 2.28. The van der Waals surface area contributed by atoms with Gasteiger partial charge in [0.15, 0.2) is 0 Å². The van der Waals surface area contributed by atoms with Crippen LogP contribution < -0.4 is 10.0 Å². The van der Waals surface area contributed by atoms with E-state index < -0.39 is 10.0 Å². The van der Waals surface area contributed by atoms with Gasteiger partial charge in [0.2, 0.25) is 10.0 Å². The quantitative estimate of drug-likeness (QED) is 0.878. The van der Waals surface area contributed by atoms with Gasteiger partial charge < -0.3 is 5.32 Å². The molecule has 1 aromatic carbocycles. The molecule has 0 bridgehead atoms. The van der Waals surface area contributed by atoms with E-state index in [0.717, 1.165) is 11.9 Å². The van der Waals surface area contributed by atoms with Crippen molar-refractivity contribution in [3.63, 3.8) is 0 Å². The average Bonchev–Trinajstić information content (AvgIpc) is 2.36. The van der Waals surface area contributed by atoms with Crippen LogP contribution in [0, 0.1) is 11.8 Å². The maximum absolute atomic E-state index is 11.3. The number of rotatable bonds is 4. The van der Waals surface area contributed by atoms with Crippen molar-refractivity contribution in [2.24, 2.45) is 11.8 Å². The third-order valence-corrected chi connectivity index (χ3v) is 5.07. The van der Waals surface area contributed by atoms with E-state index in [0.29, 0.717) is 28.6 Å². The van der Waals surface area contributed by atoms with Crippen LogP contribution in [0.3, 0.4) is 0 Å². The summed E-state index contributed by atoms with van der Waals surface area (Å²) in [6.07, 6.45) is 4.83. The molecule has 1 saturated carbocycles. The normalized spacial score (nSPS) is 26.4. The molecule has 1 fully saturated rings. The maximum atomic E-state index is 11.3. The molecule has 0 aromatic heterocycles. The minimum absolute atomic E-state index is 0.365. The van der Waals surface area contributed by atoms with Crippen molar-refractivity contribution in [1.29, 1.82) is 0 Å². The summed E-state index contributed by atoms with van der Waals surface area (Å²) in [5, 5.41) is 4.12. The molecule has 0 spiro atoms. The third-order valence-electron chi connectivity index (χ3n) is 4.14. The molecule has 6 heteroatoms. The summed E-state index contributed by atoms with van der Waals surface area (Å²) in [6.45, 7) is 4.50. The van der Waals surface area contributed by atoms with Gasteiger partial charge in [-0.3, -0.25) is 4.72 Å². The monoisotopic (exact) mass is 330 g/mol. The first kappa shape index (κ1) is 16.4. The Labute approximate surface area is 132 Å². The summed E-state index contributed by atoms with van der Waals surface area (Å²) in [5.74, 6) is 1.16. The molecule has 0 heterocycles. The van der Waals surface area contributed by atoms with Crippen molar-refractivity contribution < 1.29 is 8.42 Å². The van der Waals surface area contributed by atoms with Crippen LogP contribution in [-0.2, 0) is 10.0 Å². The molecule has 1 aromatic rings. The number of hydrogen-bond acceptors (Lipinski definition) is 3. The number of sulfonamides is 1. The number of nitrogens with one attached hydrogen (secondary N) is 2. The first-order chi connectivity index (χ1) is 9.76. The van der Waals surface area contributed by atoms with Gasteiger partial charge >= 0.3 is 0 Å². The Morgan fingerprint density at radius 2 is 1.81 bits per heavy atom. The van der Waals surface area contributed by atoms with E-state index in [1.165, 1.54) is 19.3 Å². The molecule has 0 aliphatic heterocycles. The lowest BCUT2D eigenvalue weighted by atomic mass is 9.78. The van der Waals surface area contributed by atoms with Crippen LogP contribution in [0.1, 0.15) is 33.1 Å². The third kappa shape index (κ3) is 4.51. The van der Waals surface area contributed by atoms with E-state index in [1.54, 1.807) is 18.2 Å². The van der Waals surface area contributed by atoms with E-state index in [4.69, 9.17) is 11.6 Å². The van der Waals surface area contributed by atoms with Crippen LogP contribution in [0.25, 0.3) is 0 Å². The highest BCUT2D eigenvalue weighted by atomic mass is 35.5. The summed E-state index contributed by atoms with van der Waals surface area (Å²) < 4.78 is 25.1. The highest BCUT2D eigenvalue weighted by Crippen LogP contribution is 2.34. The molecule has 0 saturated heterocycles. The number of anilines is 2. The fraction of sp³-hybridized carbons (Fsp3) is 0.600. The van der Waals surface area contributed by atoms with Crippen molar-refractivity contribution in [3.8, 4) is 0 Å². The average molecular weight is 331 g/mol. The molecule has 21 heavy (non-hydrogen) atoms. The van der Waals surface area contributed by atoms with Crippen molar-refractivity contribution in [2.45, 2.75) is 39.2 Å². The summed E-state index contributed by atoms with van der Waals surface area (Å²) in [6, 6.07) is 5.51. The minimum atomic E-state index is -3.28. The summed E-state index contributed by atoms with van der Waals surface area (Å²) in [4.78, 5) is 0. The van der Waals surface area contributed by atoms with E-state index >= 15 is 0 Å². The highest BCUT2D eigenvalue weighted by molar-refractivity contribution is 7.92. The second kappa shape index (κ2) is 6.44. The molecule has 0 amide bonds. The molecule has 118 valence electrons. The van der Waals surface area contributed by atoms with Crippen molar-refractivity contribution in [2.75, 3.05) is 16.3 Å². The molecule has 0 radical (unpaired) electrons. The van der Waals surface area contributed by atoms with Gasteiger partial charge in [0.25, 0.3) is 0 Å². The zero-order chi connectivity index (χ0) is 15.6. The van der Waals surface area contributed by atoms with Gasteiger partial charge in [-0.2, -0.15) is 0 Å². The molecular formula is C15H23ClN2O2S. The zero-order valence-electron chi connectivity index (χ0n) is 12.7. The van der Waals surface area contributed by atoms with Crippen LogP contribution in [0.5, 0.6) is 0 Å². The van der Waals surface area contributed by atoms with Gasteiger partial charge in [0.05, 0.1) is 22.7 Å². The van der Waals surface area contributed by atoms with Crippen LogP contribution in [0.4, 0.5) is 11.4 Å². The van der Waals surface area contributed by atoms with Gasteiger partial charge in [-0.15, -0.1) is 0 Å². The van der Waals surface area contributed by atoms with Gasteiger partial charge in [-0.05, 0) is 42.9 Å². The molecule has 1 aliphatic carbocycles. The molecule has 4 nitrogen and oxygen atoms in total. The lowest BCUT2D eigenvalue weighted by molar-refractivity contribution is 0.268. The van der Waals surface area contributed by atoms with Gasteiger partial charge in [0.1, 0.15) is 0 Å². The Bertz CT molecular complexity index is 594. The van der Waals surface area contributed by atoms with Crippen LogP contribution >= 0.6 is 11.6 Å². The second-order valence-corrected chi connectivity index (χ2v) is 8.28. The van der Waals surface area contributed by atoms with Crippen LogP contribution in [0.2, 0.25) is 5.02 Å². The van der Waals surface area contributed by atoms with E-state index in [-0.39, 0.29) is 0 Å². The molecule has 2 unspecified atom stereocenters. The Hall–Kier alpha value is -0.940. The fourth-order valence-electron chi connectivity index (χ4n) is 3.06. The number of hydrogen-bond donors (Lipinski definition) is 2. The van der Waals surface area contributed by atoms with Gasteiger partial charge in [-0.1, -0.05) is 31.9 Å². The fourth-order valence-corrected chi connectivity index (χ4v) is 3.79. The molecule has 2 rings (SSSR count). The van der Waals surface area contributed by atoms with Gasteiger partial charge in [0, 0.05) is 6.04 Å². The van der Waals surface area contributed by atoms with Crippen LogP contribution in [0.15, 0.2) is 18.2 Å². The smallest absolute Gasteiger partial charge is 0.229 e. The Morgan fingerprint density at radius 1 is 1.19 bits per heavy atom.